The second kappa shape index (κ2) is 16.5. The largest absolute Gasteiger partial charge is 0.396 e. The lowest BCUT2D eigenvalue weighted by Crippen LogP contribution is -2.31. The molecule has 1 aliphatic rings. The second-order valence-corrected chi connectivity index (χ2v) is 10.4. The average molecular weight is 547 g/mol. The molecule has 208 valence electrons. The van der Waals surface area contributed by atoms with Gasteiger partial charge in [-0.05, 0) is 36.1 Å². The summed E-state index contributed by atoms with van der Waals surface area (Å²) in [6, 6.07) is 15.2. The van der Waals surface area contributed by atoms with Crippen molar-refractivity contribution < 1.29 is 34.5 Å². The van der Waals surface area contributed by atoms with Gasteiger partial charge in [-0.1, -0.05) is 49.2 Å². The number of anilines is 1. The molecule has 0 spiro atoms. The molecule has 3 rings (SSSR count). The standard InChI is InChI=1S/C28H38N2O7S/c31-14-15-38-19-24-17-25(21-12-10-20(18-32)11-13-21)37-28(36-24)22-6-5-7-23(16-22)29-26(33)8-3-1-2-4-9-27(34)30-35/h5-7,10-13,16,24-25,28,31-32,35H,1-4,8-9,14-15,17-19H2,(H,29,33)(H,30,34)/t24-,25+,28+/m0/s1. The van der Waals surface area contributed by atoms with Crippen molar-refractivity contribution >= 4 is 29.3 Å². The van der Waals surface area contributed by atoms with Crippen LogP contribution in [0.1, 0.15) is 74.0 Å². The van der Waals surface area contributed by atoms with E-state index >= 15 is 0 Å². The van der Waals surface area contributed by atoms with Gasteiger partial charge in [-0.15, -0.1) is 0 Å². The molecule has 0 bridgehead atoms. The third kappa shape index (κ3) is 10.0. The Morgan fingerprint density at radius 2 is 1.66 bits per heavy atom. The normalized spacial score (nSPS) is 19.2. The van der Waals surface area contributed by atoms with Gasteiger partial charge in [-0.2, -0.15) is 11.8 Å². The molecule has 0 radical (unpaired) electrons. The summed E-state index contributed by atoms with van der Waals surface area (Å²) < 4.78 is 12.6. The van der Waals surface area contributed by atoms with Crippen molar-refractivity contribution in [3.05, 3.63) is 65.2 Å². The quantitative estimate of drug-likeness (QED) is 0.127. The van der Waals surface area contributed by atoms with Crippen LogP contribution in [-0.2, 0) is 25.7 Å². The molecule has 2 aromatic rings. The molecular formula is C28H38N2O7S. The number of thioether (sulfide) groups is 1. The number of carbonyl (C=O) groups is 2. The first-order chi connectivity index (χ1) is 18.5. The number of hydrogen-bond donors (Lipinski definition) is 5. The second-order valence-electron chi connectivity index (χ2n) is 9.27. The van der Waals surface area contributed by atoms with E-state index in [0.717, 1.165) is 35.3 Å². The van der Waals surface area contributed by atoms with E-state index in [0.29, 0.717) is 37.1 Å². The Kier molecular flexibility index (Phi) is 13.0. The number of nitrogens with one attached hydrogen (secondary N) is 2. The highest BCUT2D eigenvalue weighted by molar-refractivity contribution is 7.99. The van der Waals surface area contributed by atoms with E-state index in [1.807, 2.05) is 48.5 Å². The lowest BCUT2D eigenvalue weighted by atomic mass is 10.0. The molecule has 2 amide bonds. The summed E-state index contributed by atoms with van der Waals surface area (Å²) in [7, 11) is 0. The number of hydrogen-bond acceptors (Lipinski definition) is 8. The average Bonchev–Trinajstić information content (AvgIpc) is 2.95. The Hall–Kier alpha value is -2.47. The molecule has 0 unspecified atom stereocenters. The number of carbonyl (C=O) groups excluding carboxylic acids is 2. The third-order valence-corrected chi connectivity index (χ3v) is 7.36. The van der Waals surface area contributed by atoms with Crippen LogP contribution in [0.5, 0.6) is 0 Å². The summed E-state index contributed by atoms with van der Waals surface area (Å²) >= 11 is 1.64. The molecular weight excluding hydrogens is 508 g/mol. The summed E-state index contributed by atoms with van der Waals surface area (Å²) in [4.78, 5) is 23.5. The maximum atomic E-state index is 12.5. The zero-order valence-corrected chi connectivity index (χ0v) is 22.3. The van der Waals surface area contributed by atoms with Crippen LogP contribution in [-0.4, -0.2) is 51.5 Å². The fourth-order valence-electron chi connectivity index (χ4n) is 4.27. The molecule has 9 nitrogen and oxygen atoms in total. The van der Waals surface area contributed by atoms with Crippen LogP contribution in [0.15, 0.2) is 48.5 Å². The van der Waals surface area contributed by atoms with Crippen molar-refractivity contribution in [2.45, 2.75) is 70.1 Å². The van der Waals surface area contributed by atoms with Crippen molar-refractivity contribution in [1.29, 1.82) is 0 Å². The van der Waals surface area contributed by atoms with Crippen molar-refractivity contribution in [2.24, 2.45) is 0 Å². The number of hydroxylamine groups is 1. The van der Waals surface area contributed by atoms with E-state index in [2.05, 4.69) is 5.32 Å². The van der Waals surface area contributed by atoms with Gasteiger partial charge in [0.1, 0.15) is 0 Å². The van der Waals surface area contributed by atoms with Gasteiger partial charge in [-0.25, -0.2) is 5.48 Å². The fraction of sp³-hybridized carbons (Fsp3) is 0.500. The van der Waals surface area contributed by atoms with Crippen molar-refractivity contribution in [3.8, 4) is 0 Å². The van der Waals surface area contributed by atoms with Gasteiger partial charge in [-0.3, -0.25) is 14.8 Å². The summed E-state index contributed by atoms with van der Waals surface area (Å²) in [5.74, 6) is 0.892. The highest BCUT2D eigenvalue weighted by Gasteiger charge is 2.32. The van der Waals surface area contributed by atoms with Crippen LogP contribution in [0.25, 0.3) is 0 Å². The van der Waals surface area contributed by atoms with Gasteiger partial charge >= 0.3 is 0 Å². The number of rotatable bonds is 15. The fourth-order valence-corrected chi connectivity index (χ4v) is 5.04. The molecule has 38 heavy (non-hydrogen) atoms. The Bertz CT molecular complexity index is 1000. The van der Waals surface area contributed by atoms with Crippen LogP contribution < -0.4 is 10.8 Å². The van der Waals surface area contributed by atoms with Crippen molar-refractivity contribution in [3.63, 3.8) is 0 Å². The molecule has 1 fully saturated rings. The van der Waals surface area contributed by atoms with Gasteiger partial charge < -0.3 is 25.0 Å². The van der Waals surface area contributed by atoms with E-state index < -0.39 is 12.2 Å². The first-order valence-corrected chi connectivity index (χ1v) is 14.2. The monoisotopic (exact) mass is 546 g/mol. The molecule has 1 saturated heterocycles. The molecule has 0 aliphatic carbocycles. The Morgan fingerprint density at radius 3 is 2.34 bits per heavy atom. The minimum atomic E-state index is -0.612. The number of unbranched alkanes of at least 4 members (excludes halogenated alkanes) is 3. The lowest BCUT2D eigenvalue weighted by molar-refractivity contribution is -0.245. The predicted molar refractivity (Wildman–Crippen MR) is 146 cm³/mol. The lowest BCUT2D eigenvalue weighted by Gasteiger charge is -2.36. The first-order valence-electron chi connectivity index (χ1n) is 13.0. The highest BCUT2D eigenvalue weighted by Crippen LogP contribution is 2.39. The van der Waals surface area contributed by atoms with E-state index in [1.54, 1.807) is 17.2 Å². The predicted octanol–water partition coefficient (Wildman–Crippen LogP) is 4.23. The van der Waals surface area contributed by atoms with Crippen LogP contribution in [0.3, 0.4) is 0 Å². The highest BCUT2D eigenvalue weighted by atomic mass is 32.2. The molecule has 0 saturated carbocycles. The van der Waals surface area contributed by atoms with Crippen LogP contribution in [0.4, 0.5) is 5.69 Å². The molecule has 3 atom stereocenters. The summed E-state index contributed by atoms with van der Waals surface area (Å²) in [6.45, 7) is 0.103. The van der Waals surface area contributed by atoms with Gasteiger partial charge in [0.25, 0.3) is 0 Å². The van der Waals surface area contributed by atoms with Gasteiger partial charge in [0.05, 0.1) is 25.4 Å². The molecule has 1 aliphatic heterocycles. The topological polar surface area (TPSA) is 137 Å². The van der Waals surface area contributed by atoms with Gasteiger partial charge in [0.15, 0.2) is 6.29 Å². The summed E-state index contributed by atoms with van der Waals surface area (Å²) in [6.07, 6.45) is 3.47. The zero-order chi connectivity index (χ0) is 27.2. The summed E-state index contributed by atoms with van der Waals surface area (Å²) in [5.41, 5.74) is 4.94. The van der Waals surface area contributed by atoms with Crippen LogP contribution >= 0.6 is 11.8 Å². The first kappa shape index (κ1) is 30.1. The van der Waals surface area contributed by atoms with Gasteiger partial charge in [0, 0.05) is 42.0 Å². The number of amides is 2. The Morgan fingerprint density at radius 1 is 0.921 bits per heavy atom. The van der Waals surface area contributed by atoms with E-state index in [1.165, 1.54) is 0 Å². The number of benzene rings is 2. The van der Waals surface area contributed by atoms with E-state index in [-0.39, 0.29) is 37.7 Å². The minimum Gasteiger partial charge on any atom is -0.396 e. The van der Waals surface area contributed by atoms with Crippen LogP contribution in [0, 0.1) is 0 Å². The number of ether oxygens (including phenoxy) is 2. The van der Waals surface area contributed by atoms with Gasteiger partial charge in [0.2, 0.25) is 11.8 Å². The maximum Gasteiger partial charge on any atom is 0.243 e. The maximum absolute atomic E-state index is 12.5. The van der Waals surface area contributed by atoms with E-state index in [4.69, 9.17) is 19.8 Å². The summed E-state index contributed by atoms with van der Waals surface area (Å²) in [5, 5.41) is 30.0. The van der Waals surface area contributed by atoms with Crippen LogP contribution in [0.2, 0.25) is 0 Å². The number of aliphatic hydroxyl groups is 2. The Balaban J connectivity index is 1.58. The molecule has 1 heterocycles. The molecule has 0 aromatic heterocycles. The SMILES string of the molecule is O=C(CCCCCCC(=O)Nc1cccc([C@@H]2O[C@H](CSCCO)C[C@H](c3ccc(CO)cc3)O2)c1)NO. The zero-order valence-electron chi connectivity index (χ0n) is 21.5. The smallest absolute Gasteiger partial charge is 0.243 e. The van der Waals surface area contributed by atoms with E-state index in [9.17, 15) is 14.7 Å². The third-order valence-electron chi connectivity index (χ3n) is 6.28. The minimum absolute atomic E-state index is 0.0141. The molecule has 2 aromatic carbocycles. The Labute approximate surface area is 227 Å². The van der Waals surface area contributed by atoms with Crippen molar-refractivity contribution in [2.75, 3.05) is 23.4 Å². The molecule has 10 heteroatoms. The van der Waals surface area contributed by atoms with Crippen molar-refractivity contribution in [1.82, 2.24) is 5.48 Å². The molecule has 5 N–H and O–H groups in total. The number of aliphatic hydroxyl groups excluding tert-OH is 2.